The number of halogens is 6. The first-order chi connectivity index (χ1) is 20.5. The van der Waals surface area contributed by atoms with Gasteiger partial charge in [0.2, 0.25) is 5.88 Å². The summed E-state index contributed by atoms with van der Waals surface area (Å²) in [6.45, 7) is 2.08. The molecule has 3 aliphatic heterocycles. The van der Waals surface area contributed by atoms with E-state index in [9.17, 15) is 22.0 Å². The molecule has 0 radical (unpaired) electrons. The van der Waals surface area contributed by atoms with Crippen LogP contribution in [0, 0.1) is 11.6 Å². The molecule has 3 fully saturated rings. The second kappa shape index (κ2) is 10.3. The number of benzene rings is 2. The van der Waals surface area contributed by atoms with Crippen molar-refractivity contribution in [3.8, 4) is 23.0 Å². The zero-order chi connectivity index (χ0) is 30.1. The summed E-state index contributed by atoms with van der Waals surface area (Å²) in [6, 6.07) is 2.42. The minimum Gasteiger partial charge on any atom is -0.472 e. The zero-order valence-corrected chi connectivity index (χ0v) is 23.4. The van der Waals surface area contributed by atoms with E-state index in [0.29, 0.717) is 25.9 Å². The van der Waals surface area contributed by atoms with Gasteiger partial charge in [-0.25, -0.2) is 18.2 Å². The monoisotopic (exact) mass is 624 g/mol. The van der Waals surface area contributed by atoms with Gasteiger partial charge < -0.3 is 20.5 Å². The highest BCUT2D eigenvalue weighted by Crippen LogP contribution is 2.46. The van der Waals surface area contributed by atoms with E-state index < -0.39 is 52.3 Å². The van der Waals surface area contributed by atoms with Crippen LogP contribution in [0.1, 0.15) is 31.2 Å². The van der Waals surface area contributed by atoms with Gasteiger partial charge in [-0.15, -0.1) is 0 Å². The molecule has 228 valence electrons. The number of nitrogen functional groups attached to an aromatic ring is 1. The van der Waals surface area contributed by atoms with Crippen LogP contribution >= 0.6 is 11.3 Å². The maximum Gasteiger partial charge on any atom is 0.417 e. The maximum absolute atomic E-state index is 16.5. The third-order valence-electron chi connectivity index (χ3n) is 8.49. The number of ether oxygens (including phenoxy) is 2. The number of thiazole rings is 1. The molecule has 2 aromatic carbocycles. The Morgan fingerprint density at radius 2 is 2.00 bits per heavy atom. The molecule has 3 aliphatic rings. The molecule has 0 spiro atoms. The molecule has 0 amide bonds. The Bertz CT molecular complexity index is 1730. The molecule has 5 heterocycles. The van der Waals surface area contributed by atoms with Gasteiger partial charge in [0.15, 0.2) is 10.9 Å². The van der Waals surface area contributed by atoms with Gasteiger partial charge in [-0.05, 0) is 50.6 Å². The van der Waals surface area contributed by atoms with Crippen molar-refractivity contribution in [1.29, 1.82) is 0 Å². The molecule has 0 unspecified atom stereocenters. The number of alkyl halides is 4. The highest BCUT2D eigenvalue weighted by atomic mass is 32.1. The first-order valence-electron chi connectivity index (χ1n) is 13.9. The van der Waals surface area contributed by atoms with Crippen LogP contribution < -0.4 is 20.5 Å². The average molecular weight is 625 g/mol. The van der Waals surface area contributed by atoms with Crippen LogP contribution in [-0.2, 0) is 6.18 Å². The molecule has 3 saturated heterocycles. The van der Waals surface area contributed by atoms with Crippen molar-refractivity contribution < 1.29 is 35.8 Å². The normalized spacial score (nSPS) is 24.3. The number of nitrogens with one attached hydrogen (secondary N) is 1. The number of nitrogens with two attached hydrogens (primary N) is 1. The summed E-state index contributed by atoms with van der Waals surface area (Å²) in [5.41, 5.74) is 2.03. The number of rotatable bonds is 6. The fourth-order valence-electron chi connectivity index (χ4n) is 6.55. The molecule has 0 aliphatic carbocycles. The van der Waals surface area contributed by atoms with Crippen LogP contribution in [0.3, 0.4) is 0 Å². The highest BCUT2D eigenvalue weighted by molar-refractivity contribution is 7.22. The van der Waals surface area contributed by atoms with Gasteiger partial charge in [0, 0.05) is 30.6 Å². The molecule has 4 aromatic rings. The molecule has 3 atom stereocenters. The molecule has 15 heteroatoms. The van der Waals surface area contributed by atoms with E-state index in [1.807, 2.05) is 4.90 Å². The van der Waals surface area contributed by atoms with E-state index in [-0.39, 0.29) is 57.8 Å². The lowest BCUT2D eigenvalue weighted by Gasteiger charge is -2.30. The van der Waals surface area contributed by atoms with Crippen molar-refractivity contribution in [2.24, 2.45) is 0 Å². The van der Waals surface area contributed by atoms with Gasteiger partial charge >= 0.3 is 12.2 Å². The predicted octanol–water partition coefficient (Wildman–Crippen LogP) is 5.48. The molecule has 8 nitrogen and oxygen atoms in total. The van der Waals surface area contributed by atoms with Gasteiger partial charge in [0.25, 0.3) is 0 Å². The van der Waals surface area contributed by atoms with Gasteiger partial charge in [0.05, 0.1) is 26.7 Å². The van der Waals surface area contributed by atoms with Crippen molar-refractivity contribution in [1.82, 2.24) is 25.2 Å². The lowest BCUT2D eigenvalue weighted by molar-refractivity contribution is -0.137. The van der Waals surface area contributed by atoms with Gasteiger partial charge in [-0.1, -0.05) is 11.3 Å². The summed E-state index contributed by atoms with van der Waals surface area (Å²) in [4.78, 5) is 14.5. The van der Waals surface area contributed by atoms with E-state index in [1.165, 1.54) is 0 Å². The van der Waals surface area contributed by atoms with Gasteiger partial charge in [-0.2, -0.15) is 23.1 Å². The van der Waals surface area contributed by atoms with E-state index in [0.717, 1.165) is 42.5 Å². The van der Waals surface area contributed by atoms with Crippen molar-refractivity contribution in [2.75, 3.05) is 38.5 Å². The second-order valence-corrected chi connectivity index (χ2v) is 12.3. The molecular formula is C28H26F6N6O2S. The van der Waals surface area contributed by atoms with Crippen LogP contribution in [0.5, 0.6) is 11.9 Å². The lowest BCUT2D eigenvalue weighted by Crippen LogP contribution is -2.43. The zero-order valence-electron chi connectivity index (χ0n) is 22.6. The Hall–Kier alpha value is -3.43. The highest BCUT2D eigenvalue weighted by Gasteiger charge is 2.49. The summed E-state index contributed by atoms with van der Waals surface area (Å²) < 4.78 is 101. The third-order valence-corrected chi connectivity index (χ3v) is 9.38. The van der Waals surface area contributed by atoms with Crippen LogP contribution in [-0.4, -0.2) is 70.5 Å². The number of fused-ring (bicyclic) bond motifs is 3. The number of hydrogen-bond acceptors (Lipinski definition) is 9. The Labute approximate surface area is 245 Å². The van der Waals surface area contributed by atoms with E-state index in [2.05, 4.69) is 20.3 Å². The Kier molecular flexibility index (Phi) is 6.81. The number of nitrogens with zero attached hydrogens (tertiary/aromatic N) is 4. The average Bonchev–Trinajstić information content (AvgIpc) is 3.73. The van der Waals surface area contributed by atoms with Crippen molar-refractivity contribution in [2.45, 2.75) is 49.7 Å². The summed E-state index contributed by atoms with van der Waals surface area (Å²) in [5, 5.41) is 2.72. The van der Waals surface area contributed by atoms with Crippen LogP contribution in [0.2, 0.25) is 0 Å². The van der Waals surface area contributed by atoms with E-state index in [1.54, 1.807) is 0 Å². The fourth-order valence-corrected chi connectivity index (χ4v) is 7.31. The Balaban J connectivity index is 1.40. The smallest absolute Gasteiger partial charge is 0.417 e. The van der Waals surface area contributed by atoms with E-state index in [4.69, 9.17) is 15.2 Å². The van der Waals surface area contributed by atoms with Crippen molar-refractivity contribution in [3.63, 3.8) is 0 Å². The van der Waals surface area contributed by atoms with Crippen molar-refractivity contribution in [3.05, 3.63) is 35.4 Å². The Morgan fingerprint density at radius 1 is 1.16 bits per heavy atom. The van der Waals surface area contributed by atoms with Gasteiger partial charge in [0.1, 0.15) is 30.2 Å². The van der Waals surface area contributed by atoms with Gasteiger partial charge in [-0.3, -0.25) is 4.90 Å². The largest absolute Gasteiger partial charge is 0.472 e. The molecule has 2 aromatic heterocycles. The van der Waals surface area contributed by atoms with Crippen LogP contribution in [0.25, 0.3) is 32.2 Å². The molecule has 0 saturated carbocycles. The molecule has 7 rings (SSSR count). The second-order valence-electron chi connectivity index (χ2n) is 11.2. The minimum atomic E-state index is -5.02. The molecular weight excluding hydrogens is 598 g/mol. The first-order valence-corrected chi connectivity index (χ1v) is 14.7. The standard InChI is InChI=1S/C28H26F6N6O2S/c29-13-9-27(5-1-7-40(27)11-13)12-41-26-38-21-16(24(39-26)42-14-4-6-36-10-14)8-17(28(32,33)34)19(20(21)31)15-2-3-18(30)23-22(15)37-25(35)43-23/h2-3,8,13-14,36H,1,4-7,9-12H2,(H2,35,37)/t13-,14-,27+/m1/s1. The maximum atomic E-state index is 16.5. The fraction of sp³-hybridized carbons (Fsp3) is 0.464. The number of hydrogen-bond donors (Lipinski definition) is 2. The summed E-state index contributed by atoms with van der Waals surface area (Å²) in [5.74, 6) is -2.33. The summed E-state index contributed by atoms with van der Waals surface area (Å²) in [7, 11) is 0. The topological polar surface area (TPSA) is 98.4 Å². The van der Waals surface area contributed by atoms with Crippen LogP contribution in [0.4, 0.5) is 31.5 Å². The quantitative estimate of drug-likeness (QED) is 0.272. The summed E-state index contributed by atoms with van der Waals surface area (Å²) in [6.07, 6.45) is -4.07. The lowest BCUT2D eigenvalue weighted by atomic mass is 9.95. The first kappa shape index (κ1) is 28.3. The Morgan fingerprint density at radius 3 is 2.77 bits per heavy atom. The number of aromatic nitrogens is 3. The predicted molar refractivity (Wildman–Crippen MR) is 148 cm³/mol. The number of anilines is 1. The molecule has 3 N–H and O–H groups in total. The minimum absolute atomic E-state index is 0.0230. The van der Waals surface area contributed by atoms with Crippen LogP contribution in [0.15, 0.2) is 18.2 Å². The van der Waals surface area contributed by atoms with E-state index >= 15 is 4.39 Å². The SMILES string of the molecule is Nc1nc2c(-c3c(C(F)(F)F)cc4c(O[C@@H]5CCNC5)nc(OC[C@@]56CCCN5C[C@H](F)C6)nc4c3F)ccc(F)c2s1. The third kappa shape index (κ3) is 4.90. The molecule has 43 heavy (non-hydrogen) atoms. The molecule has 0 bridgehead atoms. The summed E-state index contributed by atoms with van der Waals surface area (Å²) >= 11 is 0.744. The van der Waals surface area contributed by atoms with Crippen molar-refractivity contribution >= 4 is 37.6 Å².